The molecule has 3 aromatic rings. The number of hydrogen-bond acceptors (Lipinski definition) is 5. The molecule has 1 N–H and O–H groups in total. The van der Waals surface area contributed by atoms with E-state index in [9.17, 15) is 0 Å². The largest absolute Gasteiger partial charge is 0.373 e. The van der Waals surface area contributed by atoms with Crippen molar-refractivity contribution in [2.24, 2.45) is 4.99 Å². The van der Waals surface area contributed by atoms with Crippen LogP contribution in [0.4, 0.5) is 5.82 Å². The standard InChI is InChI=1S/C18H15ClN4O/c1-10-16-14(24-23-10)9-21-17(11-3-5-12(19)6-4-11)13-7-8-15(20-2)22-18(13)16/h3-8H,9H2,1-2H3,(H,20,22). The summed E-state index contributed by atoms with van der Waals surface area (Å²) in [6.07, 6.45) is 0. The highest BCUT2D eigenvalue weighted by Crippen LogP contribution is 2.34. The van der Waals surface area contributed by atoms with Crippen molar-refractivity contribution in [1.82, 2.24) is 10.1 Å². The molecule has 3 heterocycles. The molecule has 0 unspecified atom stereocenters. The molecule has 0 saturated heterocycles. The van der Waals surface area contributed by atoms with Gasteiger partial charge in [-0.25, -0.2) is 4.98 Å². The predicted octanol–water partition coefficient (Wildman–Crippen LogP) is 4.09. The molecule has 0 atom stereocenters. The molecule has 0 radical (unpaired) electrons. The number of rotatable bonds is 2. The van der Waals surface area contributed by atoms with Crippen molar-refractivity contribution in [3.63, 3.8) is 0 Å². The molecule has 0 fully saturated rings. The first kappa shape index (κ1) is 14.9. The summed E-state index contributed by atoms with van der Waals surface area (Å²) in [6, 6.07) is 11.6. The van der Waals surface area contributed by atoms with E-state index in [2.05, 4.69) is 10.5 Å². The van der Waals surface area contributed by atoms with Gasteiger partial charge in [-0.3, -0.25) is 4.99 Å². The Morgan fingerprint density at radius 3 is 2.67 bits per heavy atom. The van der Waals surface area contributed by atoms with Gasteiger partial charge in [-0.1, -0.05) is 28.9 Å². The minimum atomic E-state index is 0.430. The second kappa shape index (κ2) is 5.76. The van der Waals surface area contributed by atoms with Gasteiger partial charge < -0.3 is 9.84 Å². The summed E-state index contributed by atoms with van der Waals surface area (Å²) < 4.78 is 5.46. The molecule has 0 saturated carbocycles. The van der Waals surface area contributed by atoms with Gasteiger partial charge in [0.05, 0.1) is 22.7 Å². The average Bonchev–Trinajstić information content (AvgIpc) is 2.88. The van der Waals surface area contributed by atoms with Crippen LogP contribution in [0, 0.1) is 6.92 Å². The first-order valence-electron chi connectivity index (χ1n) is 7.62. The van der Waals surface area contributed by atoms with E-state index in [1.807, 2.05) is 50.4 Å². The summed E-state index contributed by atoms with van der Waals surface area (Å²) in [4.78, 5) is 9.50. The van der Waals surface area contributed by atoms with Crippen molar-refractivity contribution in [2.75, 3.05) is 12.4 Å². The highest BCUT2D eigenvalue weighted by atomic mass is 35.5. The molecule has 4 rings (SSSR count). The van der Waals surface area contributed by atoms with Crippen LogP contribution in [0.1, 0.15) is 22.6 Å². The van der Waals surface area contributed by atoms with Crippen molar-refractivity contribution in [3.8, 4) is 11.3 Å². The molecule has 1 aliphatic rings. The molecule has 0 spiro atoms. The van der Waals surface area contributed by atoms with Crippen molar-refractivity contribution < 1.29 is 4.52 Å². The molecular weight excluding hydrogens is 324 g/mol. The number of halogens is 1. The molecule has 120 valence electrons. The van der Waals surface area contributed by atoms with E-state index < -0.39 is 0 Å². The molecule has 0 aliphatic carbocycles. The number of anilines is 1. The van der Waals surface area contributed by atoms with E-state index in [0.29, 0.717) is 11.6 Å². The van der Waals surface area contributed by atoms with Crippen LogP contribution in [0.25, 0.3) is 11.3 Å². The Labute approximate surface area is 144 Å². The predicted molar refractivity (Wildman–Crippen MR) is 94.8 cm³/mol. The average molecular weight is 339 g/mol. The van der Waals surface area contributed by atoms with Crippen molar-refractivity contribution in [2.45, 2.75) is 13.5 Å². The molecule has 2 aromatic heterocycles. The van der Waals surface area contributed by atoms with Gasteiger partial charge in [-0.05, 0) is 31.2 Å². The molecule has 0 bridgehead atoms. The van der Waals surface area contributed by atoms with Gasteiger partial charge >= 0.3 is 0 Å². The zero-order chi connectivity index (χ0) is 16.7. The van der Waals surface area contributed by atoms with Gasteiger partial charge in [0.25, 0.3) is 0 Å². The Kier molecular flexibility index (Phi) is 3.58. The number of aliphatic imine (C=N–C) groups is 1. The van der Waals surface area contributed by atoms with Crippen LogP contribution in [-0.2, 0) is 6.54 Å². The minimum absolute atomic E-state index is 0.430. The lowest BCUT2D eigenvalue weighted by atomic mass is 9.97. The summed E-state index contributed by atoms with van der Waals surface area (Å²) in [5.74, 6) is 1.52. The first-order chi connectivity index (χ1) is 11.7. The summed E-state index contributed by atoms with van der Waals surface area (Å²) >= 11 is 6.02. The molecule has 0 amide bonds. The number of nitrogens with one attached hydrogen (secondary N) is 1. The normalized spacial score (nSPS) is 12.9. The van der Waals surface area contributed by atoms with Crippen LogP contribution >= 0.6 is 11.6 Å². The second-order valence-corrected chi connectivity index (χ2v) is 6.02. The van der Waals surface area contributed by atoms with Crippen LogP contribution in [0.3, 0.4) is 0 Å². The summed E-state index contributed by atoms with van der Waals surface area (Å²) in [7, 11) is 1.85. The smallest absolute Gasteiger partial charge is 0.167 e. The van der Waals surface area contributed by atoms with E-state index in [0.717, 1.165) is 45.4 Å². The van der Waals surface area contributed by atoms with E-state index in [1.54, 1.807) is 0 Å². The Morgan fingerprint density at radius 2 is 1.92 bits per heavy atom. The summed E-state index contributed by atoms with van der Waals surface area (Å²) in [5, 5.41) is 7.86. The molecular formula is C18H15ClN4O. The fourth-order valence-corrected chi connectivity index (χ4v) is 3.02. The van der Waals surface area contributed by atoms with E-state index in [-0.39, 0.29) is 0 Å². The number of aromatic nitrogens is 2. The second-order valence-electron chi connectivity index (χ2n) is 5.58. The van der Waals surface area contributed by atoms with E-state index in [4.69, 9.17) is 26.1 Å². The zero-order valence-corrected chi connectivity index (χ0v) is 14.1. The third kappa shape index (κ3) is 2.37. The number of nitrogens with zero attached hydrogens (tertiary/aromatic N) is 3. The van der Waals surface area contributed by atoms with Gasteiger partial charge in [-0.15, -0.1) is 0 Å². The Bertz CT molecular complexity index is 944. The number of aryl methyl sites for hydroxylation is 1. The van der Waals surface area contributed by atoms with Crippen molar-refractivity contribution in [3.05, 3.63) is 64.0 Å². The molecule has 1 aliphatic heterocycles. The SMILES string of the molecule is CNc1ccc2c(n1)-c1c(C)noc1CN=C2c1ccc(Cl)cc1. The lowest BCUT2D eigenvalue weighted by Crippen LogP contribution is -2.07. The monoisotopic (exact) mass is 338 g/mol. The molecule has 24 heavy (non-hydrogen) atoms. The highest BCUT2D eigenvalue weighted by molar-refractivity contribution is 6.30. The summed E-state index contributed by atoms with van der Waals surface area (Å²) in [6.45, 7) is 2.35. The van der Waals surface area contributed by atoms with Gasteiger partial charge in [-0.2, -0.15) is 0 Å². The number of fused-ring (bicyclic) bond motifs is 3. The van der Waals surface area contributed by atoms with Gasteiger partial charge in [0.15, 0.2) is 5.76 Å². The van der Waals surface area contributed by atoms with Crippen molar-refractivity contribution >= 4 is 23.1 Å². The van der Waals surface area contributed by atoms with Crippen LogP contribution in [0.15, 0.2) is 45.9 Å². The third-order valence-electron chi connectivity index (χ3n) is 4.08. The zero-order valence-electron chi connectivity index (χ0n) is 13.3. The maximum absolute atomic E-state index is 6.02. The maximum atomic E-state index is 6.02. The van der Waals surface area contributed by atoms with E-state index >= 15 is 0 Å². The fourth-order valence-electron chi connectivity index (χ4n) is 2.90. The van der Waals surface area contributed by atoms with Gasteiger partial charge in [0.2, 0.25) is 0 Å². The molecule has 1 aromatic carbocycles. The lowest BCUT2D eigenvalue weighted by molar-refractivity contribution is 0.382. The Balaban J connectivity index is 1.96. The van der Waals surface area contributed by atoms with Gasteiger partial charge in [0.1, 0.15) is 12.4 Å². The third-order valence-corrected chi connectivity index (χ3v) is 4.33. The van der Waals surface area contributed by atoms with E-state index in [1.165, 1.54) is 0 Å². The van der Waals surface area contributed by atoms with Crippen molar-refractivity contribution in [1.29, 1.82) is 0 Å². The van der Waals surface area contributed by atoms with Gasteiger partial charge in [0, 0.05) is 23.2 Å². The lowest BCUT2D eigenvalue weighted by Gasteiger charge is -2.11. The number of benzene rings is 1. The molecule has 5 nitrogen and oxygen atoms in total. The molecule has 6 heteroatoms. The fraction of sp³-hybridized carbons (Fsp3) is 0.167. The van der Waals surface area contributed by atoms with Crippen LogP contribution in [0.5, 0.6) is 0 Å². The summed E-state index contributed by atoms with van der Waals surface area (Å²) in [5.41, 5.74) is 5.41. The minimum Gasteiger partial charge on any atom is -0.373 e. The van der Waals surface area contributed by atoms with Crippen LogP contribution in [0.2, 0.25) is 5.02 Å². The number of pyridine rings is 1. The quantitative estimate of drug-likeness (QED) is 0.764. The topological polar surface area (TPSA) is 63.3 Å². The Hall–Kier alpha value is -2.66. The van der Waals surface area contributed by atoms with Crippen LogP contribution < -0.4 is 5.32 Å². The first-order valence-corrected chi connectivity index (χ1v) is 8.00. The maximum Gasteiger partial charge on any atom is 0.167 e. The Morgan fingerprint density at radius 1 is 1.12 bits per heavy atom. The highest BCUT2D eigenvalue weighted by Gasteiger charge is 2.25. The number of hydrogen-bond donors (Lipinski definition) is 1. The van der Waals surface area contributed by atoms with Crippen LogP contribution in [-0.4, -0.2) is 22.9 Å².